The van der Waals surface area contributed by atoms with Gasteiger partial charge in [0.2, 0.25) is 0 Å². The Hall–Kier alpha value is 0.766. The maximum Gasteiger partial charge on any atom is 2.00 e. The molecule has 7 heavy (non-hydrogen) atoms. The van der Waals surface area contributed by atoms with Gasteiger partial charge < -0.3 is 13.3 Å². The molecule has 0 aliphatic rings. The standard InChI is InChI=1S/C4H9.C2H5.Mg/c1-3-4-2;1-2;/h3H,4H2,1-2H3;1H2,2H3;/q2*-1;+2. The third-order valence-corrected chi connectivity index (χ3v) is 0.408. The predicted molar refractivity (Wildman–Crippen MR) is 37.0 cm³/mol. The Morgan fingerprint density at radius 2 is 1.57 bits per heavy atom. The Balaban J connectivity index is -0.0000000480. The summed E-state index contributed by atoms with van der Waals surface area (Å²) in [7, 11) is 0. The van der Waals surface area contributed by atoms with Gasteiger partial charge in [0.25, 0.3) is 0 Å². The van der Waals surface area contributed by atoms with E-state index >= 15 is 0 Å². The Morgan fingerprint density at radius 3 is 1.57 bits per heavy atom. The molecule has 0 aromatic heterocycles. The third-order valence-electron chi connectivity index (χ3n) is 0.408. The van der Waals surface area contributed by atoms with Crippen molar-refractivity contribution >= 4 is 23.1 Å². The summed E-state index contributed by atoms with van der Waals surface area (Å²) < 4.78 is 0. The van der Waals surface area contributed by atoms with Crippen molar-refractivity contribution in [2.24, 2.45) is 0 Å². The van der Waals surface area contributed by atoms with Crippen LogP contribution in [0.1, 0.15) is 27.2 Å². The van der Waals surface area contributed by atoms with Gasteiger partial charge in [0.1, 0.15) is 0 Å². The maximum atomic E-state index is 3.25. The van der Waals surface area contributed by atoms with Crippen LogP contribution in [-0.4, -0.2) is 23.1 Å². The molecule has 0 fully saturated rings. The molecule has 1 heteroatoms. The van der Waals surface area contributed by atoms with Crippen LogP contribution in [0.25, 0.3) is 0 Å². The maximum absolute atomic E-state index is 3.25. The van der Waals surface area contributed by atoms with Crippen molar-refractivity contribution in [3.05, 3.63) is 13.3 Å². The van der Waals surface area contributed by atoms with Crippen molar-refractivity contribution in [2.45, 2.75) is 27.2 Å². The summed E-state index contributed by atoms with van der Waals surface area (Å²) in [6.07, 6.45) is 3.32. The molecule has 0 nitrogen and oxygen atoms in total. The summed E-state index contributed by atoms with van der Waals surface area (Å²) in [5, 5.41) is 0. The van der Waals surface area contributed by atoms with E-state index in [0.717, 1.165) is 0 Å². The van der Waals surface area contributed by atoms with E-state index in [2.05, 4.69) is 27.2 Å². The average molecular weight is 110 g/mol. The van der Waals surface area contributed by atoms with Gasteiger partial charge in [-0.05, 0) is 0 Å². The summed E-state index contributed by atoms with van der Waals surface area (Å²) in [6.45, 7) is 9.18. The molecule has 0 aromatic carbocycles. The third kappa shape index (κ3) is 49.3. The Labute approximate surface area is 63.8 Å². The topological polar surface area (TPSA) is 0 Å². The van der Waals surface area contributed by atoms with Gasteiger partial charge in [-0.25, -0.2) is 0 Å². The monoisotopic (exact) mass is 110 g/mol. The van der Waals surface area contributed by atoms with E-state index in [1.807, 2.05) is 0 Å². The first-order chi connectivity index (χ1) is 2.91. The molecule has 0 spiro atoms. The van der Waals surface area contributed by atoms with Crippen molar-refractivity contribution in [3.63, 3.8) is 0 Å². The van der Waals surface area contributed by atoms with Crippen molar-refractivity contribution in [1.82, 2.24) is 0 Å². The molecule has 0 aliphatic carbocycles. The van der Waals surface area contributed by atoms with Gasteiger partial charge in [-0.1, -0.05) is 6.92 Å². The summed E-state index contributed by atoms with van der Waals surface area (Å²) in [5.74, 6) is 0. The van der Waals surface area contributed by atoms with E-state index in [1.165, 1.54) is 6.42 Å². The molecule has 0 radical (unpaired) electrons. The SMILES string of the molecule is C[CH-]CC.[CH2-]C.[Mg+2]. The van der Waals surface area contributed by atoms with Gasteiger partial charge in [-0.3, -0.25) is 0 Å². The summed E-state index contributed by atoms with van der Waals surface area (Å²) in [5.41, 5.74) is 0. The minimum Gasteiger partial charge on any atom is -0.346 e. The van der Waals surface area contributed by atoms with Crippen LogP contribution in [-0.2, 0) is 0 Å². The van der Waals surface area contributed by atoms with Crippen LogP contribution in [0.4, 0.5) is 0 Å². The van der Waals surface area contributed by atoms with Crippen LogP contribution in [0.15, 0.2) is 0 Å². The van der Waals surface area contributed by atoms with E-state index < -0.39 is 0 Å². The molecular formula is C6H14Mg. The van der Waals surface area contributed by atoms with E-state index in [9.17, 15) is 0 Å². The van der Waals surface area contributed by atoms with Gasteiger partial charge >= 0.3 is 23.1 Å². The summed E-state index contributed by atoms with van der Waals surface area (Å²) in [4.78, 5) is 0. The molecule has 0 aliphatic heterocycles. The summed E-state index contributed by atoms with van der Waals surface area (Å²) >= 11 is 0. The molecule has 0 saturated heterocycles. The Bertz CT molecular complexity index is 6.14. The first-order valence-corrected chi connectivity index (χ1v) is 2.40. The zero-order chi connectivity index (χ0) is 5.41. The van der Waals surface area contributed by atoms with Crippen LogP contribution >= 0.6 is 0 Å². The number of unbranched alkanes of at least 4 members (excludes halogenated alkanes) is 1. The normalized spacial score (nSPS) is 5.14. The van der Waals surface area contributed by atoms with Gasteiger partial charge in [0.05, 0.1) is 0 Å². The molecule has 0 unspecified atom stereocenters. The van der Waals surface area contributed by atoms with Crippen molar-refractivity contribution in [2.75, 3.05) is 0 Å². The van der Waals surface area contributed by atoms with Crippen LogP contribution in [0.3, 0.4) is 0 Å². The zero-order valence-electron chi connectivity index (χ0n) is 5.70. The molecule has 0 heterocycles. The minimum atomic E-state index is 0. The van der Waals surface area contributed by atoms with Crippen molar-refractivity contribution < 1.29 is 0 Å². The molecule has 0 atom stereocenters. The molecule has 0 aromatic rings. The molecule has 0 saturated carbocycles. The van der Waals surface area contributed by atoms with E-state index in [1.54, 1.807) is 6.92 Å². The van der Waals surface area contributed by atoms with Gasteiger partial charge in [0.15, 0.2) is 0 Å². The second-order valence-electron chi connectivity index (χ2n) is 0.816. The molecule has 40 valence electrons. The molecule has 0 bridgehead atoms. The zero-order valence-corrected chi connectivity index (χ0v) is 7.11. The van der Waals surface area contributed by atoms with Gasteiger partial charge in [-0.2, -0.15) is 20.3 Å². The van der Waals surface area contributed by atoms with E-state index in [0.29, 0.717) is 0 Å². The van der Waals surface area contributed by atoms with Crippen LogP contribution < -0.4 is 0 Å². The van der Waals surface area contributed by atoms with Crippen LogP contribution in [0, 0.1) is 13.3 Å². The summed E-state index contributed by atoms with van der Waals surface area (Å²) in [6, 6.07) is 0. The molecule has 0 rings (SSSR count). The first kappa shape index (κ1) is 15.7. The fourth-order valence-corrected chi connectivity index (χ4v) is 0. The fraction of sp³-hybridized carbons (Fsp3) is 0.667. The number of hydrogen-bond acceptors (Lipinski definition) is 0. The van der Waals surface area contributed by atoms with Crippen molar-refractivity contribution in [3.8, 4) is 0 Å². The quantitative estimate of drug-likeness (QED) is 0.358. The average Bonchev–Trinajstić information content (AvgIpc) is 1.72. The van der Waals surface area contributed by atoms with Crippen LogP contribution in [0.2, 0.25) is 0 Å². The fourth-order valence-electron chi connectivity index (χ4n) is 0. The number of rotatable bonds is 1. The van der Waals surface area contributed by atoms with Gasteiger partial charge in [-0.15, -0.1) is 0 Å². The second kappa shape index (κ2) is 29.4. The first-order valence-electron chi connectivity index (χ1n) is 2.40. The Kier molecular flexibility index (Phi) is 65.7. The van der Waals surface area contributed by atoms with Crippen molar-refractivity contribution in [1.29, 1.82) is 0 Å². The van der Waals surface area contributed by atoms with Crippen LogP contribution in [0.5, 0.6) is 0 Å². The predicted octanol–water partition coefficient (Wildman–Crippen LogP) is 2.08. The molecular weight excluding hydrogens is 96.4 g/mol. The second-order valence-corrected chi connectivity index (χ2v) is 0.816. The molecule has 0 amide bonds. The van der Waals surface area contributed by atoms with E-state index in [4.69, 9.17) is 0 Å². The Morgan fingerprint density at radius 1 is 1.43 bits per heavy atom. The number of hydrogen-bond donors (Lipinski definition) is 0. The smallest absolute Gasteiger partial charge is 0.346 e. The van der Waals surface area contributed by atoms with Gasteiger partial charge in [0, 0.05) is 0 Å². The largest absolute Gasteiger partial charge is 2.00 e. The minimum absolute atomic E-state index is 0. The van der Waals surface area contributed by atoms with E-state index in [-0.39, 0.29) is 23.1 Å². The molecule has 0 N–H and O–H groups in total.